The van der Waals surface area contributed by atoms with Gasteiger partial charge in [-0.15, -0.1) is 16.4 Å². The molecule has 0 saturated carbocycles. The fourth-order valence-electron chi connectivity index (χ4n) is 2.24. The van der Waals surface area contributed by atoms with Gasteiger partial charge < -0.3 is 5.32 Å². The minimum atomic E-state index is -0.0415. The van der Waals surface area contributed by atoms with E-state index in [0.29, 0.717) is 5.16 Å². The van der Waals surface area contributed by atoms with Gasteiger partial charge in [0.1, 0.15) is 0 Å². The van der Waals surface area contributed by atoms with Gasteiger partial charge in [0, 0.05) is 4.88 Å². The molecule has 3 rings (SSSR count). The number of thiophene rings is 1. The fourth-order valence-corrected chi connectivity index (χ4v) is 3.67. The van der Waals surface area contributed by atoms with Crippen molar-refractivity contribution >= 4 is 29.0 Å². The quantitative estimate of drug-likeness (QED) is 0.685. The molecule has 0 bridgehead atoms. The Kier molecular flexibility index (Phi) is 5.27. The van der Waals surface area contributed by atoms with Crippen molar-refractivity contribution in [1.82, 2.24) is 25.5 Å². The van der Waals surface area contributed by atoms with Gasteiger partial charge in [0.25, 0.3) is 0 Å². The van der Waals surface area contributed by atoms with Crippen LogP contribution in [0.5, 0.6) is 0 Å². The van der Waals surface area contributed by atoms with E-state index in [1.807, 2.05) is 55.6 Å². The predicted molar refractivity (Wildman–Crippen MR) is 95.5 cm³/mol. The maximum atomic E-state index is 12.2. The van der Waals surface area contributed by atoms with Gasteiger partial charge in [0.05, 0.1) is 17.5 Å². The lowest BCUT2D eigenvalue weighted by molar-refractivity contribution is -0.119. The van der Waals surface area contributed by atoms with E-state index in [2.05, 4.69) is 20.8 Å². The maximum Gasteiger partial charge on any atom is 0.230 e. The molecule has 0 spiro atoms. The Labute approximate surface area is 148 Å². The third-order valence-corrected chi connectivity index (χ3v) is 5.44. The lowest BCUT2D eigenvalue weighted by Gasteiger charge is -2.12. The highest BCUT2D eigenvalue weighted by molar-refractivity contribution is 7.99. The Balaban J connectivity index is 1.63. The van der Waals surface area contributed by atoms with Gasteiger partial charge in [-0.1, -0.05) is 36.0 Å². The van der Waals surface area contributed by atoms with Crippen molar-refractivity contribution in [1.29, 1.82) is 0 Å². The summed E-state index contributed by atoms with van der Waals surface area (Å²) in [4.78, 5) is 13.3. The van der Waals surface area contributed by atoms with Gasteiger partial charge in [0.15, 0.2) is 0 Å². The van der Waals surface area contributed by atoms with Crippen LogP contribution in [0.3, 0.4) is 0 Å². The summed E-state index contributed by atoms with van der Waals surface area (Å²) >= 11 is 2.95. The van der Waals surface area contributed by atoms with Gasteiger partial charge in [0.2, 0.25) is 11.1 Å². The van der Waals surface area contributed by atoms with E-state index in [1.54, 1.807) is 16.0 Å². The number of thioether (sulfide) groups is 1. The molecule has 3 aromatic rings. The normalized spacial score (nSPS) is 12.1. The number of aromatic nitrogens is 4. The molecule has 1 N–H and O–H groups in total. The Bertz CT molecular complexity index is 816. The third kappa shape index (κ3) is 3.82. The van der Waals surface area contributed by atoms with Crippen molar-refractivity contribution in [3.8, 4) is 5.69 Å². The van der Waals surface area contributed by atoms with E-state index in [9.17, 15) is 4.79 Å². The molecule has 0 unspecified atom stereocenters. The first kappa shape index (κ1) is 16.7. The molecule has 1 aromatic carbocycles. The third-order valence-electron chi connectivity index (χ3n) is 3.46. The monoisotopic (exact) mass is 359 g/mol. The van der Waals surface area contributed by atoms with Crippen LogP contribution in [-0.2, 0) is 4.79 Å². The molecule has 6 nitrogen and oxygen atoms in total. The maximum absolute atomic E-state index is 12.2. The van der Waals surface area contributed by atoms with Gasteiger partial charge in [-0.3, -0.25) is 4.79 Å². The van der Waals surface area contributed by atoms with Gasteiger partial charge in [-0.2, -0.15) is 4.68 Å². The topological polar surface area (TPSA) is 72.7 Å². The predicted octanol–water partition coefficient (Wildman–Crippen LogP) is 3.00. The molecule has 0 aliphatic rings. The van der Waals surface area contributed by atoms with Crippen molar-refractivity contribution in [2.24, 2.45) is 0 Å². The smallest absolute Gasteiger partial charge is 0.230 e. The summed E-state index contributed by atoms with van der Waals surface area (Å²) in [6.07, 6.45) is 0. The second-order valence-corrected chi connectivity index (χ2v) is 7.17. The number of carbonyl (C=O) groups is 1. The number of nitrogens with zero attached hydrogens (tertiary/aromatic N) is 4. The number of hydrogen-bond acceptors (Lipinski definition) is 6. The van der Waals surface area contributed by atoms with E-state index in [0.717, 1.165) is 16.1 Å². The second kappa shape index (κ2) is 7.59. The average molecular weight is 359 g/mol. The summed E-state index contributed by atoms with van der Waals surface area (Å²) in [5.41, 5.74) is 1.99. The van der Waals surface area contributed by atoms with Crippen LogP contribution in [0.4, 0.5) is 0 Å². The number of benzene rings is 1. The summed E-state index contributed by atoms with van der Waals surface area (Å²) in [6, 6.07) is 11.9. The molecular formula is C16H17N5OS2. The number of tetrazole rings is 1. The minimum absolute atomic E-state index is 0.00506. The molecular weight excluding hydrogens is 342 g/mol. The second-order valence-electron chi connectivity index (χ2n) is 5.25. The molecule has 0 aliphatic carbocycles. The Hall–Kier alpha value is -2.19. The Morgan fingerprint density at radius 2 is 2.17 bits per heavy atom. The zero-order valence-electron chi connectivity index (χ0n) is 13.3. The molecule has 2 aromatic heterocycles. The number of aryl methyl sites for hydroxylation is 1. The van der Waals surface area contributed by atoms with Crippen LogP contribution < -0.4 is 5.32 Å². The number of carbonyl (C=O) groups excluding carboxylic acids is 1. The summed E-state index contributed by atoms with van der Waals surface area (Å²) in [5, 5.41) is 17.4. The van der Waals surface area contributed by atoms with Crippen molar-refractivity contribution in [3.05, 3.63) is 52.2 Å². The molecule has 8 heteroatoms. The zero-order chi connectivity index (χ0) is 16.9. The standard InChI is InChI=1S/C16H17N5OS2/c1-11-6-3-4-7-13(11)21-16(18-19-20-21)24-10-15(22)17-12(2)14-8-5-9-23-14/h3-9,12H,10H2,1-2H3,(H,17,22)/t12-/m1/s1. The summed E-state index contributed by atoms with van der Waals surface area (Å²) in [7, 11) is 0. The van der Waals surface area contributed by atoms with Crippen LogP contribution in [-0.4, -0.2) is 31.9 Å². The fraction of sp³-hybridized carbons (Fsp3) is 0.250. The molecule has 1 amide bonds. The van der Waals surface area contributed by atoms with E-state index in [-0.39, 0.29) is 17.7 Å². The molecule has 124 valence electrons. The minimum Gasteiger partial charge on any atom is -0.348 e. The first-order chi connectivity index (χ1) is 11.6. The first-order valence-corrected chi connectivity index (χ1v) is 9.31. The van der Waals surface area contributed by atoms with Crippen LogP contribution in [0.25, 0.3) is 5.69 Å². The van der Waals surface area contributed by atoms with Crippen LogP contribution in [0.15, 0.2) is 46.9 Å². The average Bonchev–Trinajstić information content (AvgIpc) is 3.25. The molecule has 2 heterocycles. The highest BCUT2D eigenvalue weighted by atomic mass is 32.2. The summed E-state index contributed by atoms with van der Waals surface area (Å²) in [5.74, 6) is 0.224. The summed E-state index contributed by atoms with van der Waals surface area (Å²) < 4.78 is 1.66. The molecule has 0 aliphatic heterocycles. The van der Waals surface area contributed by atoms with Crippen molar-refractivity contribution in [2.75, 3.05) is 5.75 Å². The first-order valence-electron chi connectivity index (χ1n) is 7.45. The van der Waals surface area contributed by atoms with E-state index >= 15 is 0 Å². The van der Waals surface area contributed by atoms with Crippen LogP contribution in [0, 0.1) is 6.92 Å². The van der Waals surface area contributed by atoms with Gasteiger partial charge in [-0.05, 0) is 47.4 Å². The Morgan fingerprint density at radius 3 is 2.92 bits per heavy atom. The highest BCUT2D eigenvalue weighted by Gasteiger charge is 2.15. The Morgan fingerprint density at radius 1 is 1.33 bits per heavy atom. The largest absolute Gasteiger partial charge is 0.348 e. The highest BCUT2D eigenvalue weighted by Crippen LogP contribution is 2.21. The number of rotatable bonds is 6. The van der Waals surface area contributed by atoms with Gasteiger partial charge >= 0.3 is 0 Å². The van der Waals surface area contributed by atoms with Gasteiger partial charge in [-0.25, -0.2) is 0 Å². The van der Waals surface area contributed by atoms with Crippen molar-refractivity contribution in [3.63, 3.8) is 0 Å². The molecule has 1 atom stereocenters. The lowest BCUT2D eigenvalue weighted by Crippen LogP contribution is -2.27. The molecule has 24 heavy (non-hydrogen) atoms. The van der Waals surface area contributed by atoms with Crippen LogP contribution in [0.1, 0.15) is 23.4 Å². The lowest BCUT2D eigenvalue weighted by atomic mass is 10.2. The van der Waals surface area contributed by atoms with E-state index < -0.39 is 0 Å². The molecule has 0 saturated heterocycles. The van der Waals surface area contributed by atoms with Crippen molar-refractivity contribution in [2.45, 2.75) is 25.0 Å². The van der Waals surface area contributed by atoms with Crippen LogP contribution >= 0.6 is 23.1 Å². The number of nitrogens with one attached hydrogen (secondary N) is 1. The molecule has 0 fully saturated rings. The molecule has 0 radical (unpaired) electrons. The van der Waals surface area contributed by atoms with E-state index in [1.165, 1.54) is 11.8 Å². The number of amides is 1. The van der Waals surface area contributed by atoms with Crippen molar-refractivity contribution < 1.29 is 4.79 Å². The number of hydrogen-bond donors (Lipinski definition) is 1. The van der Waals surface area contributed by atoms with Crippen LogP contribution in [0.2, 0.25) is 0 Å². The SMILES string of the molecule is Cc1ccccc1-n1nnnc1SCC(=O)N[C@H](C)c1cccs1. The number of para-hydroxylation sites is 1. The zero-order valence-corrected chi connectivity index (χ0v) is 15.0. The summed E-state index contributed by atoms with van der Waals surface area (Å²) in [6.45, 7) is 3.98. The van der Waals surface area contributed by atoms with E-state index in [4.69, 9.17) is 0 Å².